The molecule has 1 aliphatic heterocycles. The average Bonchev–Trinajstić information content (AvgIpc) is 3.15. The molecule has 0 saturated carbocycles. The smallest absolute Gasteiger partial charge is 0.326 e. The minimum Gasteiger partial charge on any atom is -0.465 e. The molecule has 1 aromatic heterocycles. The molecule has 3 aromatic rings. The van der Waals surface area contributed by atoms with Gasteiger partial charge in [0.25, 0.3) is 5.91 Å². The molecule has 0 unspecified atom stereocenters. The molecular weight excluding hydrogens is 498 g/mol. The molecule has 8 nitrogen and oxygen atoms in total. The van der Waals surface area contributed by atoms with Crippen LogP contribution in [0.15, 0.2) is 52.4 Å². The number of piperidine rings is 1. The number of fused-ring (bicyclic) bond motifs is 1. The number of aromatic nitrogens is 1. The van der Waals surface area contributed by atoms with Crippen LogP contribution in [0.2, 0.25) is 5.02 Å². The van der Waals surface area contributed by atoms with Gasteiger partial charge in [0, 0.05) is 23.7 Å². The fourth-order valence-electron chi connectivity index (χ4n) is 3.80. The number of nitrogens with zero attached hydrogens (tertiary/aromatic N) is 3. The lowest BCUT2D eigenvalue weighted by Gasteiger charge is -2.25. The molecule has 34 heavy (non-hydrogen) atoms. The van der Waals surface area contributed by atoms with Crippen LogP contribution >= 0.6 is 22.9 Å². The van der Waals surface area contributed by atoms with Gasteiger partial charge in [0.1, 0.15) is 6.54 Å². The van der Waals surface area contributed by atoms with E-state index >= 15 is 0 Å². The van der Waals surface area contributed by atoms with Gasteiger partial charge in [-0.1, -0.05) is 29.4 Å². The van der Waals surface area contributed by atoms with Gasteiger partial charge in [0.15, 0.2) is 4.80 Å². The monoisotopic (exact) mass is 521 g/mol. The fourth-order valence-corrected chi connectivity index (χ4v) is 6.62. The molecular formula is C23H24ClN3O5S2. The molecule has 0 N–H and O–H groups in total. The number of thiazole rings is 1. The summed E-state index contributed by atoms with van der Waals surface area (Å²) in [6.07, 6.45) is 2.72. The second-order valence-corrected chi connectivity index (χ2v) is 11.2. The standard InChI is InChI=1S/C23H24ClN3O5S2/c1-2-32-21(28)15-27-19-11-8-17(24)14-20(19)33-23(27)25-22(29)16-6-9-18(10-7-16)34(30,31)26-12-4-3-5-13-26/h6-11,14H,2-5,12-13,15H2,1H3. The summed E-state index contributed by atoms with van der Waals surface area (Å²) in [5.74, 6) is -0.990. The summed E-state index contributed by atoms with van der Waals surface area (Å²) in [7, 11) is -3.59. The van der Waals surface area contributed by atoms with Gasteiger partial charge in [0.2, 0.25) is 10.0 Å². The number of hydrogen-bond donors (Lipinski definition) is 0. The lowest BCUT2D eigenvalue weighted by Crippen LogP contribution is -2.35. The Balaban J connectivity index is 1.66. The van der Waals surface area contributed by atoms with Gasteiger partial charge < -0.3 is 9.30 Å². The zero-order valence-corrected chi connectivity index (χ0v) is 21.0. The van der Waals surface area contributed by atoms with E-state index in [1.807, 2.05) is 0 Å². The number of ether oxygens (including phenoxy) is 1. The summed E-state index contributed by atoms with van der Waals surface area (Å²) in [5.41, 5.74) is 0.952. The molecule has 1 aliphatic rings. The summed E-state index contributed by atoms with van der Waals surface area (Å²) in [4.78, 5) is 29.7. The molecule has 0 spiro atoms. The number of carbonyl (C=O) groups is 2. The first-order chi connectivity index (χ1) is 16.3. The Labute approximate surface area is 206 Å². The van der Waals surface area contributed by atoms with Crippen LogP contribution in [0.5, 0.6) is 0 Å². The Kier molecular flexibility index (Phi) is 7.51. The summed E-state index contributed by atoms with van der Waals surface area (Å²) < 4.78 is 34.6. The molecule has 2 aromatic carbocycles. The Hall–Kier alpha value is -2.53. The summed E-state index contributed by atoms with van der Waals surface area (Å²) in [5, 5.41) is 0.528. The molecule has 4 rings (SSSR count). The zero-order chi connectivity index (χ0) is 24.3. The first-order valence-corrected chi connectivity index (χ1v) is 13.6. The van der Waals surface area contributed by atoms with Crippen molar-refractivity contribution in [2.45, 2.75) is 37.6 Å². The molecule has 1 saturated heterocycles. The van der Waals surface area contributed by atoms with Gasteiger partial charge in [0.05, 0.1) is 21.7 Å². The number of hydrogen-bond acceptors (Lipinski definition) is 6. The number of benzene rings is 2. The summed E-state index contributed by atoms with van der Waals surface area (Å²) in [6, 6.07) is 11.0. The number of amides is 1. The van der Waals surface area contributed by atoms with Crippen LogP contribution in [0.3, 0.4) is 0 Å². The number of carbonyl (C=O) groups excluding carboxylic acids is 2. The highest BCUT2D eigenvalue weighted by molar-refractivity contribution is 7.89. The lowest BCUT2D eigenvalue weighted by molar-refractivity contribution is -0.143. The second kappa shape index (κ2) is 10.4. The number of esters is 1. The average molecular weight is 522 g/mol. The van der Waals surface area contributed by atoms with Gasteiger partial charge >= 0.3 is 5.97 Å². The largest absolute Gasteiger partial charge is 0.465 e. The summed E-state index contributed by atoms with van der Waals surface area (Å²) >= 11 is 7.33. The van der Waals surface area contributed by atoms with Crippen LogP contribution < -0.4 is 4.80 Å². The minimum absolute atomic E-state index is 0.103. The third-order valence-electron chi connectivity index (χ3n) is 5.49. The van der Waals surface area contributed by atoms with Crippen LogP contribution in [-0.2, 0) is 26.1 Å². The van der Waals surface area contributed by atoms with Crippen LogP contribution in [-0.4, -0.2) is 48.9 Å². The van der Waals surface area contributed by atoms with E-state index in [0.717, 1.165) is 24.0 Å². The molecule has 1 fully saturated rings. The molecule has 180 valence electrons. The lowest BCUT2D eigenvalue weighted by atomic mass is 10.2. The summed E-state index contributed by atoms with van der Waals surface area (Å²) in [6.45, 7) is 2.88. The normalized spacial score (nSPS) is 15.5. The number of sulfonamides is 1. The molecule has 0 atom stereocenters. The van der Waals surface area contributed by atoms with Gasteiger partial charge in [-0.3, -0.25) is 9.59 Å². The van der Waals surface area contributed by atoms with Crippen LogP contribution in [0.4, 0.5) is 0 Å². The highest BCUT2D eigenvalue weighted by Crippen LogP contribution is 2.23. The van der Waals surface area contributed by atoms with Crippen molar-refractivity contribution in [2.75, 3.05) is 19.7 Å². The van der Waals surface area contributed by atoms with Crippen molar-refractivity contribution in [3.05, 3.63) is 57.9 Å². The van der Waals surface area contributed by atoms with Crippen molar-refractivity contribution >= 4 is 55.1 Å². The topological polar surface area (TPSA) is 98.0 Å². The SMILES string of the molecule is CCOC(=O)Cn1c(=NC(=O)c2ccc(S(=O)(=O)N3CCCCC3)cc2)sc2cc(Cl)ccc21. The quantitative estimate of drug-likeness (QED) is 0.459. The minimum atomic E-state index is -3.59. The van der Waals surface area contributed by atoms with Gasteiger partial charge in [-0.15, -0.1) is 0 Å². The maximum Gasteiger partial charge on any atom is 0.326 e. The fraction of sp³-hybridized carbons (Fsp3) is 0.348. The van der Waals surface area contributed by atoms with Crippen LogP contribution in [0.25, 0.3) is 10.2 Å². The molecule has 2 heterocycles. The van der Waals surface area contributed by atoms with E-state index in [1.54, 1.807) is 29.7 Å². The predicted molar refractivity (Wildman–Crippen MR) is 130 cm³/mol. The first kappa shape index (κ1) is 24.6. The molecule has 0 aliphatic carbocycles. The van der Waals surface area contributed by atoms with Crippen molar-refractivity contribution in [3.8, 4) is 0 Å². The van der Waals surface area contributed by atoms with E-state index in [0.29, 0.717) is 28.4 Å². The van der Waals surface area contributed by atoms with Gasteiger partial charge in [-0.2, -0.15) is 9.30 Å². The predicted octanol–water partition coefficient (Wildman–Crippen LogP) is 3.84. The highest BCUT2D eigenvalue weighted by atomic mass is 35.5. The molecule has 0 radical (unpaired) electrons. The van der Waals surface area contributed by atoms with Crippen molar-refractivity contribution in [3.63, 3.8) is 0 Å². The van der Waals surface area contributed by atoms with Crippen molar-refractivity contribution in [1.82, 2.24) is 8.87 Å². The van der Waals surface area contributed by atoms with Gasteiger partial charge in [-0.05, 0) is 62.2 Å². The Bertz CT molecular complexity index is 1390. The van der Waals surface area contributed by atoms with E-state index in [1.165, 1.54) is 39.9 Å². The Morgan fingerprint density at radius 2 is 1.79 bits per heavy atom. The zero-order valence-electron chi connectivity index (χ0n) is 18.6. The van der Waals surface area contributed by atoms with E-state index < -0.39 is 21.9 Å². The maximum atomic E-state index is 12.9. The first-order valence-electron chi connectivity index (χ1n) is 10.9. The van der Waals surface area contributed by atoms with Crippen LogP contribution in [0, 0.1) is 0 Å². The van der Waals surface area contributed by atoms with E-state index in [4.69, 9.17) is 16.3 Å². The molecule has 0 bridgehead atoms. The second-order valence-electron chi connectivity index (χ2n) is 7.79. The van der Waals surface area contributed by atoms with Crippen molar-refractivity contribution in [1.29, 1.82) is 0 Å². The molecule has 11 heteroatoms. The van der Waals surface area contributed by atoms with E-state index in [-0.39, 0.29) is 23.6 Å². The number of halogens is 1. The Morgan fingerprint density at radius 3 is 2.47 bits per heavy atom. The Morgan fingerprint density at radius 1 is 1.09 bits per heavy atom. The van der Waals surface area contributed by atoms with E-state index in [9.17, 15) is 18.0 Å². The highest BCUT2D eigenvalue weighted by Gasteiger charge is 2.26. The third-order valence-corrected chi connectivity index (χ3v) is 8.68. The number of rotatable bonds is 6. The molecule has 1 amide bonds. The third kappa shape index (κ3) is 5.25. The van der Waals surface area contributed by atoms with Gasteiger partial charge in [-0.25, -0.2) is 8.42 Å². The van der Waals surface area contributed by atoms with Crippen molar-refractivity contribution in [2.24, 2.45) is 4.99 Å². The van der Waals surface area contributed by atoms with E-state index in [2.05, 4.69) is 4.99 Å². The van der Waals surface area contributed by atoms with Crippen molar-refractivity contribution < 1.29 is 22.7 Å². The maximum absolute atomic E-state index is 12.9. The van der Waals surface area contributed by atoms with Crippen LogP contribution in [0.1, 0.15) is 36.5 Å².